The zero-order chi connectivity index (χ0) is 16.0. The number of hydrogen-bond acceptors (Lipinski definition) is 4. The molecule has 0 spiro atoms. The molecule has 1 aromatic rings. The van der Waals surface area contributed by atoms with Crippen LogP contribution in [-0.2, 0) is 6.42 Å². The standard InChI is InChI=1S/C16H23N3O2/c1-12(2)10-18(11-13(3)4)15-6-5-14(7-8-17)16(9-15)19(20)21/h5-6,9,12-13H,7,10-11H2,1-4H3. The zero-order valence-electron chi connectivity index (χ0n) is 13.2. The predicted octanol–water partition coefficient (Wildman–Crippen LogP) is 3.78. The fourth-order valence-corrected chi connectivity index (χ4v) is 2.32. The van der Waals surface area contributed by atoms with Gasteiger partial charge in [0.2, 0.25) is 0 Å². The van der Waals surface area contributed by atoms with Crippen molar-refractivity contribution < 1.29 is 4.92 Å². The van der Waals surface area contributed by atoms with Crippen LogP contribution in [0.15, 0.2) is 18.2 Å². The van der Waals surface area contributed by atoms with Gasteiger partial charge in [-0.1, -0.05) is 27.7 Å². The van der Waals surface area contributed by atoms with E-state index in [1.807, 2.05) is 12.1 Å². The number of nitro benzene ring substituents is 1. The van der Waals surface area contributed by atoms with Crippen LogP contribution in [0.2, 0.25) is 0 Å². The Labute approximate surface area is 126 Å². The molecule has 0 bridgehead atoms. The van der Waals surface area contributed by atoms with Crippen LogP contribution >= 0.6 is 0 Å². The molecule has 0 aliphatic carbocycles. The van der Waals surface area contributed by atoms with Gasteiger partial charge in [-0.25, -0.2) is 0 Å². The highest BCUT2D eigenvalue weighted by Gasteiger charge is 2.18. The van der Waals surface area contributed by atoms with Crippen LogP contribution < -0.4 is 4.90 Å². The molecule has 0 unspecified atom stereocenters. The molecule has 5 nitrogen and oxygen atoms in total. The predicted molar refractivity (Wildman–Crippen MR) is 84.3 cm³/mol. The lowest BCUT2D eigenvalue weighted by molar-refractivity contribution is -0.385. The summed E-state index contributed by atoms with van der Waals surface area (Å²) in [5.74, 6) is 0.947. The van der Waals surface area contributed by atoms with E-state index in [-0.39, 0.29) is 12.1 Å². The van der Waals surface area contributed by atoms with Gasteiger partial charge in [-0.15, -0.1) is 0 Å². The van der Waals surface area contributed by atoms with Crippen molar-refractivity contribution in [1.82, 2.24) is 0 Å². The summed E-state index contributed by atoms with van der Waals surface area (Å²) in [7, 11) is 0. The molecular formula is C16H23N3O2. The lowest BCUT2D eigenvalue weighted by atomic mass is 10.1. The van der Waals surface area contributed by atoms with Crippen LogP contribution in [0.1, 0.15) is 33.3 Å². The molecule has 0 aromatic heterocycles. The summed E-state index contributed by atoms with van der Waals surface area (Å²) in [6.45, 7) is 10.2. The average molecular weight is 289 g/mol. The van der Waals surface area contributed by atoms with E-state index in [9.17, 15) is 10.1 Å². The van der Waals surface area contributed by atoms with Gasteiger partial charge in [0, 0.05) is 30.4 Å². The van der Waals surface area contributed by atoms with Crippen molar-refractivity contribution in [2.75, 3.05) is 18.0 Å². The number of nitro groups is 1. The largest absolute Gasteiger partial charge is 0.371 e. The first-order valence-electron chi connectivity index (χ1n) is 7.24. The third-order valence-electron chi connectivity index (χ3n) is 3.07. The molecule has 114 valence electrons. The van der Waals surface area contributed by atoms with Gasteiger partial charge in [-0.05, 0) is 24.0 Å². The summed E-state index contributed by atoms with van der Waals surface area (Å²) in [6.07, 6.45) is 0.0605. The molecule has 0 heterocycles. The Kier molecular flexibility index (Phi) is 6.16. The van der Waals surface area contributed by atoms with Gasteiger partial charge in [-0.2, -0.15) is 5.26 Å². The second-order valence-corrected chi connectivity index (χ2v) is 6.10. The van der Waals surface area contributed by atoms with Crippen LogP contribution in [0.3, 0.4) is 0 Å². The Bertz CT molecular complexity index is 523. The monoisotopic (exact) mass is 289 g/mol. The Morgan fingerprint density at radius 2 is 1.81 bits per heavy atom. The van der Waals surface area contributed by atoms with E-state index in [0.29, 0.717) is 17.4 Å². The summed E-state index contributed by atoms with van der Waals surface area (Å²) >= 11 is 0. The highest BCUT2D eigenvalue weighted by molar-refractivity contribution is 5.57. The number of anilines is 1. The minimum absolute atomic E-state index is 0.0339. The third-order valence-corrected chi connectivity index (χ3v) is 3.07. The maximum atomic E-state index is 11.2. The van der Waals surface area contributed by atoms with Gasteiger partial charge in [0.15, 0.2) is 0 Å². The summed E-state index contributed by atoms with van der Waals surface area (Å²) in [6, 6.07) is 7.15. The first-order valence-corrected chi connectivity index (χ1v) is 7.24. The summed E-state index contributed by atoms with van der Waals surface area (Å²) in [4.78, 5) is 13.0. The van der Waals surface area contributed by atoms with Crippen LogP contribution in [0.25, 0.3) is 0 Å². The number of hydrogen-bond donors (Lipinski definition) is 0. The summed E-state index contributed by atoms with van der Waals surface area (Å²) in [5.41, 5.74) is 1.36. The fourth-order valence-electron chi connectivity index (χ4n) is 2.32. The number of rotatable bonds is 7. The highest BCUT2D eigenvalue weighted by Crippen LogP contribution is 2.27. The molecule has 0 saturated heterocycles. The van der Waals surface area contributed by atoms with Crippen molar-refractivity contribution >= 4 is 11.4 Å². The SMILES string of the molecule is CC(C)CN(CC(C)C)c1ccc(CC#N)c([N+](=O)[O-])c1. The minimum Gasteiger partial charge on any atom is -0.371 e. The van der Waals surface area contributed by atoms with E-state index in [0.717, 1.165) is 18.8 Å². The van der Waals surface area contributed by atoms with E-state index < -0.39 is 4.92 Å². The van der Waals surface area contributed by atoms with Crippen LogP contribution in [0.4, 0.5) is 11.4 Å². The van der Waals surface area contributed by atoms with E-state index in [1.54, 1.807) is 12.1 Å². The van der Waals surface area contributed by atoms with Crippen LogP contribution in [0, 0.1) is 33.3 Å². The molecule has 0 atom stereocenters. The van der Waals surface area contributed by atoms with E-state index >= 15 is 0 Å². The quantitative estimate of drug-likeness (QED) is 0.565. The number of benzene rings is 1. The molecule has 1 aromatic carbocycles. The van der Waals surface area contributed by atoms with Crippen molar-refractivity contribution in [3.63, 3.8) is 0 Å². The molecule has 0 saturated carbocycles. The highest BCUT2D eigenvalue weighted by atomic mass is 16.6. The van der Waals surface area contributed by atoms with Gasteiger partial charge in [-0.3, -0.25) is 10.1 Å². The minimum atomic E-state index is -0.404. The van der Waals surface area contributed by atoms with Crippen molar-refractivity contribution in [2.24, 2.45) is 11.8 Å². The lowest BCUT2D eigenvalue weighted by Crippen LogP contribution is -2.31. The normalized spacial score (nSPS) is 10.7. The smallest absolute Gasteiger partial charge is 0.275 e. The molecule has 5 heteroatoms. The molecular weight excluding hydrogens is 266 g/mol. The summed E-state index contributed by atoms with van der Waals surface area (Å²) in [5, 5.41) is 20.0. The molecule has 0 aliphatic heterocycles. The van der Waals surface area contributed by atoms with Crippen molar-refractivity contribution in [1.29, 1.82) is 5.26 Å². The Morgan fingerprint density at radius 3 is 2.24 bits per heavy atom. The van der Waals surface area contributed by atoms with E-state index in [4.69, 9.17) is 5.26 Å². The summed E-state index contributed by atoms with van der Waals surface area (Å²) < 4.78 is 0. The lowest BCUT2D eigenvalue weighted by Gasteiger charge is -2.28. The Balaban J connectivity index is 3.16. The second kappa shape index (κ2) is 7.63. The van der Waals surface area contributed by atoms with Crippen LogP contribution in [-0.4, -0.2) is 18.0 Å². The van der Waals surface area contributed by atoms with Gasteiger partial charge in [0.05, 0.1) is 17.4 Å². The molecule has 21 heavy (non-hydrogen) atoms. The van der Waals surface area contributed by atoms with Gasteiger partial charge in [0.25, 0.3) is 5.69 Å². The van der Waals surface area contributed by atoms with Crippen molar-refractivity contribution in [3.05, 3.63) is 33.9 Å². The first kappa shape index (κ1) is 17.0. The third kappa shape index (κ3) is 5.07. The molecule has 0 radical (unpaired) electrons. The Morgan fingerprint density at radius 1 is 1.24 bits per heavy atom. The van der Waals surface area contributed by atoms with Gasteiger partial charge < -0.3 is 4.90 Å². The molecule has 0 amide bonds. The van der Waals surface area contributed by atoms with Crippen molar-refractivity contribution in [2.45, 2.75) is 34.1 Å². The first-order chi connectivity index (χ1) is 9.85. The number of nitriles is 1. The average Bonchev–Trinajstić information content (AvgIpc) is 2.37. The second-order valence-electron chi connectivity index (χ2n) is 6.10. The van der Waals surface area contributed by atoms with E-state index in [2.05, 4.69) is 32.6 Å². The van der Waals surface area contributed by atoms with Gasteiger partial charge in [0.1, 0.15) is 0 Å². The molecule has 0 fully saturated rings. The molecule has 1 rings (SSSR count). The van der Waals surface area contributed by atoms with Gasteiger partial charge >= 0.3 is 0 Å². The van der Waals surface area contributed by atoms with Crippen LogP contribution in [0.5, 0.6) is 0 Å². The fraction of sp³-hybridized carbons (Fsp3) is 0.562. The topological polar surface area (TPSA) is 70.2 Å². The molecule has 0 N–H and O–H groups in total. The molecule has 0 aliphatic rings. The Hall–Kier alpha value is -2.09. The maximum Gasteiger partial charge on any atom is 0.275 e. The maximum absolute atomic E-state index is 11.2. The van der Waals surface area contributed by atoms with E-state index in [1.165, 1.54) is 0 Å². The number of nitrogens with zero attached hydrogens (tertiary/aromatic N) is 3. The zero-order valence-corrected chi connectivity index (χ0v) is 13.2. The van der Waals surface area contributed by atoms with Crippen molar-refractivity contribution in [3.8, 4) is 6.07 Å².